The van der Waals surface area contributed by atoms with Crippen LogP contribution in [0.2, 0.25) is 0 Å². The first-order valence-electron chi connectivity index (χ1n) is 11.8. The van der Waals surface area contributed by atoms with E-state index in [0.717, 1.165) is 12.1 Å². The van der Waals surface area contributed by atoms with E-state index in [-0.39, 0.29) is 29.7 Å². The quantitative estimate of drug-likeness (QED) is 0.330. The summed E-state index contributed by atoms with van der Waals surface area (Å²) in [7, 11) is -4.56. The SMILES string of the molecule is CC(C)NC(=O)CN1CCN(c2ccc(C(=O)O)cc2NS(=O)(=O)c2cc(F)ccc2F)CC1.O=C(O)C(F)(F)F. The molecule has 0 atom stereocenters. The van der Waals surface area contributed by atoms with E-state index in [1.54, 1.807) is 0 Å². The Hall–Kier alpha value is -3.99. The molecule has 0 radical (unpaired) electrons. The maximum absolute atomic E-state index is 14.1. The lowest BCUT2D eigenvalue weighted by Crippen LogP contribution is -2.50. The van der Waals surface area contributed by atoms with Crippen LogP contribution in [0.15, 0.2) is 41.3 Å². The Morgan fingerprint density at radius 3 is 2.07 bits per heavy atom. The summed E-state index contributed by atoms with van der Waals surface area (Å²) in [5, 5.41) is 19.3. The van der Waals surface area contributed by atoms with Gasteiger partial charge in [-0.2, -0.15) is 13.2 Å². The molecule has 1 aliphatic heterocycles. The average Bonchev–Trinajstić information content (AvgIpc) is 2.85. The number of rotatable bonds is 8. The van der Waals surface area contributed by atoms with Gasteiger partial charge in [0.05, 0.1) is 23.5 Å². The first-order chi connectivity index (χ1) is 18.9. The third kappa shape index (κ3) is 9.86. The van der Waals surface area contributed by atoms with E-state index in [9.17, 15) is 45.1 Å². The first kappa shape index (κ1) is 33.2. The van der Waals surface area contributed by atoms with E-state index in [4.69, 9.17) is 9.90 Å². The van der Waals surface area contributed by atoms with Crippen LogP contribution in [0.4, 0.5) is 33.3 Å². The van der Waals surface area contributed by atoms with Gasteiger partial charge in [0.25, 0.3) is 10.0 Å². The highest BCUT2D eigenvalue weighted by molar-refractivity contribution is 7.92. The maximum atomic E-state index is 14.1. The van der Waals surface area contributed by atoms with E-state index in [1.165, 1.54) is 12.1 Å². The summed E-state index contributed by atoms with van der Waals surface area (Å²) in [5.41, 5.74) is 0.136. The predicted molar refractivity (Wildman–Crippen MR) is 136 cm³/mol. The highest BCUT2D eigenvalue weighted by atomic mass is 32.2. The van der Waals surface area contributed by atoms with Crippen LogP contribution in [0.3, 0.4) is 0 Å². The van der Waals surface area contributed by atoms with Crippen molar-refractivity contribution >= 4 is 39.2 Å². The molecule has 226 valence electrons. The molecule has 1 heterocycles. The summed E-state index contributed by atoms with van der Waals surface area (Å²) in [4.78, 5) is 35.3. The standard InChI is InChI=1S/C22H26F2N4O5S.C2HF3O2/c1-14(2)25-21(29)13-27-7-9-28(10-8-27)19-6-3-15(22(30)31)11-18(19)26-34(32,33)20-12-16(23)4-5-17(20)24;3-2(4,5)1(6)7/h3-6,11-12,14,26H,7-10,13H2,1-2H3,(H,25,29)(H,30,31);(H,6,7). The molecular weight excluding hydrogens is 583 g/mol. The fraction of sp³-hybridized carbons (Fsp3) is 0.375. The summed E-state index contributed by atoms with van der Waals surface area (Å²) in [6.45, 7) is 5.86. The molecule has 0 bridgehead atoms. The molecular formula is C24H27F5N4O7S. The number of carbonyl (C=O) groups excluding carboxylic acids is 1. The summed E-state index contributed by atoms with van der Waals surface area (Å²) in [6, 6.07) is 6.01. The van der Waals surface area contributed by atoms with E-state index in [2.05, 4.69) is 10.0 Å². The Balaban J connectivity index is 0.000000745. The number of carboxylic acids is 2. The van der Waals surface area contributed by atoms with Crippen LogP contribution in [0.1, 0.15) is 24.2 Å². The first-order valence-corrected chi connectivity index (χ1v) is 13.3. The van der Waals surface area contributed by atoms with Crippen molar-refractivity contribution in [1.29, 1.82) is 0 Å². The molecule has 0 aromatic heterocycles. The van der Waals surface area contributed by atoms with Gasteiger partial charge in [0.1, 0.15) is 16.5 Å². The number of piperazine rings is 1. The number of carbonyl (C=O) groups is 3. The number of hydrogen-bond acceptors (Lipinski definition) is 7. The minimum absolute atomic E-state index is 0.0278. The molecule has 0 saturated carbocycles. The van der Waals surface area contributed by atoms with Gasteiger partial charge in [0.2, 0.25) is 5.91 Å². The van der Waals surface area contributed by atoms with Gasteiger partial charge in [-0.25, -0.2) is 26.8 Å². The highest BCUT2D eigenvalue weighted by Gasteiger charge is 2.38. The summed E-state index contributed by atoms with van der Waals surface area (Å²) in [5.74, 6) is -6.20. The number of anilines is 2. The number of benzene rings is 2. The monoisotopic (exact) mass is 610 g/mol. The second kappa shape index (κ2) is 13.6. The van der Waals surface area contributed by atoms with Crippen LogP contribution in [0.25, 0.3) is 0 Å². The van der Waals surface area contributed by atoms with E-state index in [1.807, 2.05) is 23.6 Å². The predicted octanol–water partition coefficient (Wildman–Crippen LogP) is 2.74. The number of hydrogen-bond donors (Lipinski definition) is 4. The molecule has 41 heavy (non-hydrogen) atoms. The van der Waals surface area contributed by atoms with Crippen LogP contribution < -0.4 is 14.9 Å². The Bertz CT molecular complexity index is 1380. The Morgan fingerprint density at radius 1 is 0.976 bits per heavy atom. The Kier molecular flexibility index (Phi) is 11.0. The number of carboxylic acid groups (broad SMARTS) is 2. The van der Waals surface area contributed by atoms with Crippen molar-refractivity contribution in [2.24, 2.45) is 0 Å². The van der Waals surface area contributed by atoms with E-state index >= 15 is 0 Å². The minimum atomic E-state index is -5.08. The third-order valence-corrected chi connectivity index (χ3v) is 6.82. The van der Waals surface area contributed by atoms with Gasteiger partial charge in [-0.05, 0) is 50.2 Å². The average molecular weight is 611 g/mol. The summed E-state index contributed by atoms with van der Waals surface area (Å²) >= 11 is 0. The lowest BCUT2D eigenvalue weighted by atomic mass is 10.1. The second-order valence-corrected chi connectivity index (χ2v) is 10.7. The molecule has 1 aliphatic rings. The lowest BCUT2D eigenvalue weighted by molar-refractivity contribution is -0.192. The minimum Gasteiger partial charge on any atom is -0.478 e. The molecule has 4 N–H and O–H groups in total. The van der Waals surface area contributed by atoms with Crippen molar-refractivity contribution in [3.8, 4) is 0 Å². The molecule has 2 aromatic rings. The van der Waals surface area contributed by atoms with Crippen molar-refractivity contribution < 1.29 is 55.0 Å². The van der Waals surface area contributed by atoms with Crippen molar-refractivity contribution in [3.63, 3.8) is 0 Å². The zero-order chi connectivity index (χ0) is 31.1. The summed E-state index contributed by atoms with van der Waals surface area (Å²) < 4.78 is 87.3. The van der Waals surface area contributed by atoms with Crippen LogP contribution >= 0.6 is 0 Å². The molecule has 0 unspecified atom stereocenters. The molecule has 1 saturated heterocycles. The van der Waals surface area contributed by atoms with Gasteiger partial charge in [0, 0.05) is 32.2 Å². The molecule has 1 amide bonds. The number of alkyl halides is 3. The zero-order valence-electron chi connectivity index (χ0n) is 21.7. The fourth-order valence-corrected chi connectivity index (χ4v) is 4.78. The van der Waals surface area contributed by atoms with Gasteiger partial charge in [-0.15, -0.1) is 0 Å². The van der Waals surface area contributed by atoms with Crippen molar-refractivity contribution in [2.75, 3.05) is 42.3 Å². The van der Waals surface area contributed by atoms with Gasteiger partial charge in [-0.1, -0.05) is 0 Å². The number of sulfonamides is 1. The normalized spacial score (nSPS) is 14.2. The number of halogens is 5. The highest BCUT2D eigenvalue weighted by Crippen LogP contribution is 2.31. The van der Waals surface area contributed by atoms with Gasteiger partial charge >= 0.3 is 18.1 Å². The van der Waals surface area contributed by atoms with Gasteiger partial charge < -0.3 is 20.4 Å². The van der Waals surface area contributed by atoms with Crippen LogP contribution in [0.5, 0.6) is 0 Å². The second-order valence-electron chi connectivity index (χ2n) is 9.01. The number of aromatic carboxylic acids is 1. The molecule has 11 nitrogen and oxygen atoms in total. The number of amides is 1. The smallest absolute Gasteiger partial charge is 0.478 e. The Morgan fingerprint density at radius 2 is 1.56 bits per heavy atom. The number of aliphatic carboxylic acids is 1. The molecule has 17 heteroatoms. The fourth-order valence-electron chi connectivity index (χ4n) is 3.63. The van der Waals surface area contributed by atoms with Crippen LogP contribution in [-0.4, -0.2) is 86.3 Å². The van der Waals surface area contributed by atoms with Crippen LogP contribution in [0, 0.1) is 11.6 Å². The maximum Gasteiger partial charge on any atom is 0.490 e. The van der Waals surface area contributed by atoms with Crippen LogP contribution in [-0.2, 0) is 19.6 Å². The number of nitrogens with one attached hydrogen (secondary N) is 2. The molecule has 1 fully saturated rings. The van der Waals surface area contributed by atoms with E-state index in [0.29, 0.717) is 44.0 Å². The van der Waals surface area contributed by atoms with Crippen molar-refractivity contribution in [3.05, 3.63) is 53.6 Å². The molecule has 0 spiro atoms. The van der Waals surface area contributed by atoms with Gasteiger partial charge in [-0.3, -0.25) is 14.4 Å². The lowest BCUT2D eigenvalue weighted by Gasteiger charge is -2.36. The Labute approximate surface area is 231 Å². The number of nitrogens with zero attached hydrogens (tertiary/aromatic N) is 2. The van der Waals surface area contributed by atoms with Gasteiger partial charge in [0.15, 0.2) is 0 Å². The van der Waals surface area contributed by atoms with Crippen molar-refractivity contribution in [1.82, 2.24) is 10.2 Å². The topological polar surface area (TPSA) is 156 Å². The zero-order valence-corrected chi connectivity index (χ0v) is 22.5. The molecule has 3 rings (SSSR count). The largest absolute Gasteiger partial charge is 0.490 e. The third-order valence-electron chi connectivity index (χ3n) is 5.44. The molecule has 0 aliphatic carbocycles. The van der Waals surface area contributed by atoms with Crippen molar-refractivity contribution in [2.45, 2.75) is 31.0 Å². The summed E-state index contributed by atoms with van der Waals surface area (Å²) in [6.07, 6.45) is -5.08. The molecule has 2 aromatic carbocycles. The van der Waals surface area contributed by atoms with E-state index < -0.39 is 44.7 Å².